The Hall–Kier alpha value is -0.810. The molecule has 0 spiro atoms. The average Bonchev–Trinajstić information content (AvgIpc) is 2.20. The lowest BCUT2D eigenvalue weighted by atomic mass is 10.3. The van der Waals surface area contributed by atoms with Crippen LogP contribution in [0.25, 0.3) is 0 Å². The monoisotopic (exact) mass is 265 g/mol. The Balaban J connectivity index is 2.54. The third-order valence-electron chi connectivity index (χ3n) is 1.68. The number of hydrogen-bond acceptors (Lipinski definition) is 2. The van der Waals surface area contributed by atoms with E-state index in [1.54, 1.807) is 12.1 Å². The van der Waals surface area contributed by atoms with Crippen molar-refractivity contribution in [1.82, 2.24) is 0 Å². The first-order valence-electron chi connectivity index (χ1n) is 4.52. The van der Waals surface area contributed by atoms with Crippen LogP contribution in [0.15, 0.2) is 29.2 Å². The van der Waals surface area contributed by atoms with Crippen LogP contribution in [0, 0.1) is 0 Å². The summed E-state index contributed by atoms with van der Waals surface area (Å²) in [4.78, 5) is 11.6. The van der Waals surface area contributed by atoms with Gasteiger partial charge in [0.05, 0.1) is 0 Å². The van der Waals surface area contributed by atoms with Gasteiger partial charge in [0.25, 0.3) is 5.76 Å². The molecule has 1 aromatic rings. The SMILES string of the molecule is O=C(CCCl)Nc1ccc(SC(F)F)cc1. The van der Waals surface area contributed by atoms with Crippen LogP contribution in [0.1, 0.15) is 6.42 Å². The summed E-state index contributed by atoms with van der Waals surface area (Å²) in [7, 11) is 0. The molecule has 88 valence electrons. The minimum absolute atomic E-state index is 0.190. The molecule has 0 radical (unpaired) electrons. The van der Waals surface area contributed by atoms with Crippen LogP contribution in [0.3, 0.4) is 0 Å². The fraction of sp³-hybridized carbons (Fsp3) is 0.300. The number of carbonyl (C=O) groups excluding carboxylic acids is 1. The van der Waals surface area contributed by atoms with E-state index >= 15 is 0 Å². The second-order valence-electron chi connectivity index (χ2n) is 2.89. The summed E-state index contributed by atoms with van der Waals surface area (Å²) in [6.45, 7) is 0. The average molecular weight is 266 g/mol. The molecule has 16 heavy (non-hydrogen) atoms. The highest BCUT2D eigenvalue weighted by molar-refractivity contribution is 7.99. The number of rotatable bonds is 5. The van der Waals surface area contributed by atoms with Gasteiger partial charge in [-0.15, -0.1) is 11.6 Å². The quantitative estimate of drug-likeness (QED) is 0.651. The second kappa shape index (κ2) is 6.70. The van der Waals surface area contributed by atoms with Crippen molar-refractivity contribution in [2.45, 2.75) is 17.1 Å². The van der Waals surface area contributed by atoms with Crippen LogP contribution < -0.4 is 5.32 Å². The van der Waals surface area contributed by atoms with Gasteiger partial charge in [-0.25, -0.2) is 0 Å². The van der Waals surface area contributed by atoms with E-state index in [2.05, 4.69) is 5.32 Å². The van der Waals surface area contributed by atoms with Crippen molar-refractivity contribution < 1.29 is 13.6 Å². The van der Waals surface area contributed by atoms with E-state index in [0.29, 0.717) is 22.3 Å². The fourth-order valence-corrected chi connectivity index (χ4v) is 1.70. The zero-order chi connectivity index (χ0) is 12.0. The number of halogens is 3. The second-order valence-corrected chi connectivity index (χ2v) is 4.33. The third-order valence-corrected chi connectivity index (χ3v) is 2.60. The summed E-state index contributed by atoms with van der Waals surface area (Å²) in [5.74, 6) is -2.37. The van der Waals surface area contributed by atoms with Crippen molar-refractivity contribution in [2.75, 3.05) is 11.2 Å². The minimum atomic E-state index is -2.43. The van der Waals surface area contributed by atoms with Gasteiger partial charge in [-0.3, -0.25) is 4.79 Å². The van der Waals surface area contributed by atoms with Crippen molar-refractivity contribution in [3.05, 3.63) is 24.3 Å². The van der Waals surface area contributed by atoms with Crippen molar-refractivity contribution in [2.24, 2.45) is 0 Å². The summed E-state index contributed by atoms with van der Waals surface area (Å²) in [5, 5.41) is 2.60. The van der Waals surface area contributed by atoms with Crippen LogP contribution in [-0.2, 0) is 4.79 Å². The highest BCUT2D eigenvalue weighted by Gasteiger charge is 2.05. The predicted molar refractivity (Wildman–Crippen MR) is 62.3 cm³/mol. The Morgan fingerprint density at radius 3 is 2.50 bits per heavy atom. The third kappa shape index (κ3) is 4.81. The van der Waals surface area contributed by atoms with E-state index in [0.717, 1.165) is 0 Å². The lowest BCUT2D eigenvalue weighted by Crippen LogP contribution is -2.11. The smallest absolute Gasteiger partial charge is 0.288 e. The standard InChI is InChI=1S/C10H10ClF2NOS/c11-6-5-9(15)14-7-1-3-8(4-2-7)16-10(12)13/h1-4,10H,5-6H2,(H,14,15). The Morgan fingerprint density at radius 1 is 1.38 bits per heavy atom. The van der Waals surface area contributed by atoms with Crippen molar-refractivity contribution in [3.63, 3.8) is 0 Å². The molecule has 6 heteroatoms. The molecule has 1 rings (SSSR count). The number of benzene rings is 1. The number of hydrogen-bond donors (Lipinski definition) is 1. The number of thioether (sulfide) groups is 1. The van der Waals surface area contributed by atoms with Crippen molar-refractivity contribution >= 4 is 35.0 Å². The molecule has 0 heterocycles. The Morgan fingerprint density at radius 2 is 2.00 bits per heavy atom. The number of amides is 1. The van der Waals surface area contributed by atoms with E-state index in [1.165, 1.54) is 12.1 Å². The van der Waals surface area contributed by atoms with Crippen molar-refractivity contribution in [1.29, 1.82) is 0 Å². The maximum absolute atomic E-state index is 12.0. The molecule has 0 saturated heterocycles. The van der Waals surface area contributed by atoms with E-state index < -0.39 is 5.76 Å². The first-order valence-corrected chi connectivity index (χ1v) is 5.94. The molecule has 0 bridgehead atoms. The van der Waals surface area contributed by atoms with Gasteiger partial charge in [-0.2, -0.15) is 8.78 Å². The Kier molecular flexibility index (Phi) is 5.55. The molecule has 0 aromatic heterocycles. The summed E-state index contributed by atoms with van der Waals surface area (Å²) >= 11 is 5.87. The van der Waals surface area contributed by atoms with E-state index in [9.17, 15) is 13.6 Å². The molecule has 0 unspecified atom stereocenters. The number of alkyl halides is 3. The lowest BCUT2D eigenvalue weighted by Gasteiger charge is -2.05. The van der Waals surface area contributed by atoms with Gasteiger partial charge in [0.2, 0.25) is 5.91 Å². The molecule has 0 fully saturated rings. The van der Waals surface area contributed by atoms with Gasteiger partial charge in [0, 0.05) is 22.9 Å². The number of nitrogens with one attached hydrogen (secondary N) is 1. The van der Waals surface area contributed by atoms with Crippen LogP contribution in [0.4, 0.5) is 14.5 Å². The Bertz CT molecular complexity index is 345. The zero-order valence-corrected chi connectivity index (χ0v) is 9.82. The molecule has 1 N–H and O–H groups in total. The molecular weight excluding hydrogens is 256 g/mol. The summed E-state index contributed by atoms with van der Waals surface area (Å²) in [6.07, 6.45) is 0.231. The van der Waals surface area contributed by atoms with Gasteiger partial charge in [0.1, 0.15) is 0 Å². The maximum atomic E-state index is 12.0. The molecule has 0 aliphatic heterocycles. The molecule has 1 amide bonds. The van der Waals surface area contributed by atoms with E-state index in [4.69, 9.17) is 11.6 Å². The molecule has 0 saturated carbocycles. The molecular formula is C10H10ClF2NOS. The van der Waals surface area contributed by atoms with Crippen LogP contribution in [0.2, 0.25) is 0 Å². The molecule has 1 aromatic carbocycles. The minimum Gasteiger partial charge on any atom is -0.326 e. The molecule has 0 aliphatic rings. The Labute approximate surface area is 101 Å². The van der Waals surface area contributed by atoms with Crippen LogP contribution >= 0.6 is 23.4 Å². The highest BCUT2D eigenvalue weighted by atomic mass is 35.5. The zero-order valence-electron chi connectivity index (χ0n) is 8.25. The summed E-state index contributed by atoms with van der Waals surface area (Å²) in [5.41, 5.74) is 0.578. The summed E-state index contributed by atoms with van der Waals surface area (Å²) in [6, 6.07) is 6.23. The predicted octanol–water partition coefficient (Wildman–Crippen LogP) is 3.57. The fourth-order valence-electron chi connectivity index (χ4n) is 1.03. The summed E-state index contributed by atoms with van der Waals surface area (Å²) < 4.78 is 24.0. The maximum Gasteiger partial charge on any atom is 0.288 e. The molecule has 0 aliphatic carbocycles. The molecule has 0 atom stereocenters. The highest BCUT2D eigenvalue weighted by Crippen LogP contribution is 2.26. The van der Waals surface area contributed by atoms with Crippen LogP contribution in [0.5, 0.6) is 0 Å². The van der Waals surface area contributed by atoms with Gasteiger partial charge in [-0.1, -0.05) is 11.8 Å². The van der Waals surface area contributed by atoms with Gasteiger partial charge < -0.3 is 5.32 Å². The first-order chi connectivity index (χ1) is 7.61. The van der Waals surface area contributed by atoms with Crippen molar-refractivity contribution in [3.8, 4) is 0 Å². The van der Waals surface area contributed by atoms with Crippen LogP contribution in [-0.4, -0.2) is 17.5 Å². The largest absolute Gasteiger partial charge is 0.326 e. The van der Waals surface area contributed by atoms with E-state index in [1.807, 2.05) is 0 Å². The van der Waals surface area contributed by atoms with E-state index in [-0.39, 0.29) is 18.2 Å². The first kappa shape index (κ1) is 13.3. The number of anilines is 1. The normalized spacial score (nSPS) is 10.5. The van der Waals surface area contributed by atoms with Gasteiger partial charge >= 0.3 is 0 Å². The topological polar surface area (TPSA) is 29.1 Å². The lowest BCUT2D eigenvalue weighted by molar-refractivity contribution is -0.115. The molecule has 2 nitrogen and oxygen atoms in total. The van der Waals surface area contributed by atoms with Gasteiger partial charge in [0.15, 0.2) is 0 Å². The van der Waals surface area contributed by atoms with Gasteiger partial charge in [-0.05, 0) is 24.3 Å². The number of carbonyl (C=O) groups is 1.